The summed E-state index contributed by atoms with van der Waals surface area (Å²) in [5.74, 6) is 0.327. The van der Waals surface area contributed by atoms with E-state index in [0.29, 0.717) is 23.6 Å². The standard InChI is InChI=1S/C22H24N6O2/c1-14-7-16(3-5-25-14)17-8-15(12-28-22(23)24)9-18(10-17)21(29)27-13-19-11-20(30-2)4-6-26-19/h3-11H,12-13H2,1-2H3,(H,27,29)(H4,23,24,28). The molecule has 2 aromatic heterocycles. The van der Waals surface area contributed by atoms with E-state index < -0.39 is 0 Å². The molecule has 0 fully saturated rings. The maximum atomic E-state index is 12.8. The van der Waals surface area contributed by atoms with Gasteiger partial charge in [-0.15, -0.1) is 0 Å². The predicted octanol–water partition coefficient (Wildman–Crippen LogP) is 2.37. The van der Waals surface area contributed by atoms with Crippen molar-refractivity contribution in [2.75, 3.05) is 7.11 Å². The SMILES string of the molecule is COc1ccnc(CNC(=O)c2cc(CNC(=N)N)cc(-c3ccnc(C)c3)c2)c1. The molecule has 0 bridgehead atoms. The quantitative estimate of drug-likeness (QED) is 0.354. The number of rotatable bonds is 7. The van der Waals surface area contributed by atoms with Crippen LogP contribution in [0, 0.1) is 12.3 Å². The van der Waals surface area contributed by atoms with E-state index in [1.54, 1.807) is 37.7 Å². The Kier molecular flexibility index (Phi) is 6.59. The topological polar surface area (TPSA) is 126 Å². The van der Waals surface area contributed by atoms with Gasteiger partial charge in [-0.05, 0) is 60.0 Å². The molecule has 2 heterocycles. The number of guanidine groups is 1. The van der Waals surface area contributed by atoms with Crippen LogP contribution in [-0.2, 0) is 13.1 Å². The highest BCUT2D eigenvalue weighted by atomic mass is 16.5. The minimum absolute atomic E-state index is 0.129. The fourth-order valence-corrected chi connectivity index (χ4v) is 2.97. The summed E-state index contributed by atoms with van der Waals surface area (Å²) in [4.78, 5) is 21.3. The molecule has 1 aromatic carbocycles. The van der Waals surface area contributed by atoms with Crippen LogP contribution < -0.4 is 21.1 Å². The molecule has 0 atom stereocenters. The fraction of sp³-hybridized carbons (Fsp3) is 0.182. The first-order chi connectivity index (χ1) is 14.4. The Bertz CT molecular complexity index is 1070. The highest BCUT2D eigenvalue weighted by Crippen LogP contribution is 2.23. The van der Waals surface area contributed by atoms with E-state index in [2.05, 4.69) is 20.6 Å². The fourth-order valence-electron chi connectivity index (χ4n) is 2.97. The van der Waals surface area contributed by atoms with Crippen LogP contribution in [0.4, 0.5) is 0 Å². The van der Waals surface area contributed by atoms with E-state index >= 15 is 0 Å². The molecule has 0 aliphatic heterocycles. The molecule has 8 nitrogen and oxygen atoms in total. The number of aromatic nitrogens is 2. The summed E-state index contributed by atoms with van der Waals surface area (Å²) in [6.45, 7) is 2.53. The van der Waals surface area contributed by atoms with Crippen LogP contribution >= 0.6 is 0 Å². The third kappa shape index (κ3) is 5.54. The lowest BCUT2D eigenvalue weighted by molar-refractivity contribution is 0.0950. The molecule has 8 heteroatoms. The summed E-state index contributed by atoms with van der Waals surface area (Å²) in [6, 6.07) is 13.0. The summed E-state index contributed by atoms with van der Waals surface area (Å²) in [6.07, 6.45) is 3.37. The van der Waals surface area contributed by atoms with Gasteiger partial charge >= 0.3 is 0 Å². The Morgan fingerprint density at radius 1 is 1.03 bits per heavy atom. The van der Waals surface area contributed by atoms with Gasteiger partial charge in [0.1, 0.15) is 5.75 Å². The first-order valence-corrected chi connectivity index (χ1v) is 9.36. The van der Waals surface area contributed by atoms with Crippen molar-refractivity contribution in [1.82, 2.24) is 20.6 Å². The smallest absolute Gasteiger partial charge is 0.251 e. The molecule has 5 N–H and O–H groups in total. The highest BCUT2D eigenvalue weighted by molar-refractivity contribution is 5.95. The van der Waals surface area contributed by atoms with Crippen molar-refractivity contribution < 1.29 is 9.53 Å². The number of nitrogens with zero attached hydrogens (tertiary/aromatic N) is 2. The van der Waals surface area contributed by atoms with Crippen molar-refractivity contribution in [2.24, 2.45) is 5.73 Å². The van der Waals surface area contributed by atoms with Gasteiger partial charge in [-0.3, -0.25) is 20.2 Å². The number of carbonyl (C=O) groups excluding carboxylic acids is 1. The zero-order valence-electron chi connectivity index (χ0n) is 16.9. The first kappa shape index (κ1) is 20.8. The summed E-state index contributed by atoms with van der Waals surface area (Å²) in [5.41, 5.74) is 10.2. The van der Waals surface area contributed by atoms with E-state index in [1.165, 1.54) is 0 Å². The molecule has 3 rings (SSSR count). The molecular weight excluding hydrogens is 380 g/mol. The number of aryl methyl sites for hydroxylation is 1. The van der Waals surface area contributed by atoms with Crippen molar-refractivity contribution >= 4 is 11.9 Å². The molecule has 3 aromatic rings. The Hall–Kier alpha value is -3.94. The Labute approximate surface area is 175 Å². The van der Waals surface area contributed by atoms with E-state index in [4.69, 9.17) is 15.9 Å². The van der Waals surface area contributed by atoms with Crippen molar-refractivity contribution in [3.05, 3.63) is 77.4 Å². The number of nitrogens with two attached hydrogens (primary N) is 1. The summed E-state index contributed by atoms with van der Waals surface area (Å²) in [5, 5.41) is 13.1. The van der Waals surface area contributed by atoms with E-state index in [0.717, 1.165) is 22.4 Å². The lowest BCUT2D eigenvalue weighted by atomic mass is 9.99. The van der Waals surface area contributed by atoms with Gasteiger partial charge in [-0.2, -0.15) is 0 Å². The third-order valence-corrected chi connectivity index (χ3v) is 4.42. The number of nitrogens with one attached hydrogen (secondary N) is 3. The number of carbonyl (C=O) groups is 1. The lowest BCUT2D eigenvalue weighted by Gasteiger charge is -2.12. The highest BCUT2D eigenvalue weighted by Gasteiger charge is 2.11. The normalized spacial score (nSPS) is 10.3. The molecule has 0 aliphatic carbocycles. The van der Waals surface area contributed by atoms with Gasteiger partial charge in [0.05, 0.1) is 19.3 Å². The molecule has 154 valence electrons. The number of methoxy groups -OCH3 is 1. The molecule has 30 heavy (non-hydrogen) atoms. The number of hydrogen-bond donors (Lipinski definition) is 4. The zero-order valence-corrected chi connectivity index (χ0v) is 16.9. The molecule has 0 aliphatic rings. The van der Waals surface area contributed by atoms with Crippen molar-refractivity contribution in [1.29, 1.82) is 5.41 Å². The van der Waals surface area contributed by atoms with Crippen LogP contribution in [0.15, 0.2) is 54.9 Å². The first-order valence-electron chi connectivity index (χ1n) is 9.36. The third-order valence-electron chi connectivity index (χ3n) is 4.42. The Morgan fingerprint density at radius 3 is 2.57 bits per heavy atom. The Morgan fingerprint density at radius 2 is 1.83 bits per heavy atom. The van der Waals surface area contributed by atoms with E-state index in [-0.39, 0.29) is 18.4 Å². The average molecular weight is 404 g/mol. The van der Waals surface area contributed by atoms with Crippen LogP contribution in [0.2, 0.25) is 0 Å². The van der Waals surface area contributed by atoms with Gasteiger partial charge in [0.2, 0.25) is 0 Å². The molecule has 0 spiro atoms. The second kappa shape index (κ2) is 9.51. The number of hydrogen-bond acceptors (Lipinski definition) is 5. The van der Waals surface area contributed by atoms with Crippen molar-refractivity contribution in [2.45, 2.75) is 20.0 Å². The molecule has 0 saturated carbocycles. The lowest BCUT2D eigenvalue weighted by Crippen LogP contribution is -2.29. The van der Waals surface area contributed by atoms with Gasteiger partial charge in [0.15, 0.2) is 5.96 Å². The monoisotopic (exact) mass is 404 g/mol. The number of benzene rings is 1. The largest absolute Gasteiger partial charge is 0.497 e. The van der Waals surface area contributed by atoms with Crippen molar-refractivity contribution in [3.8, 4) is 16.9 Å². The maximum Gasteiger partial charge on any atom is 0.251 e. The second-order valence-electron chi connectivity index (χ2n) is 6.74. The minimum atomic E-state index is -0.226. The summed E-state index contributed by atoms with van der Waals surface area (Å²) < 4.78 is 5.19. The van der Waals surface area contributed by atoms with E-state index in [9.17, 15) is 4.79 Å². The van der Waals surface area contributed by atoms with Gasteiger partial charge < -0.3 is 21.1 Å². The molecule has 0 unspecified atom stereocenters. The maximum absolute atomic E-state index is 12.8. The van der Waals surface area contributed by atoms with Crippen LogP contribution in [0.3, 0.4) is 0 Å². The van der Waals surface area contributed by atoms with Gasteiger partial charge in [-0.1, -0.05) is 0 Å². The summed E-state index contributed by atoms with van der Waals surface area (Å²) in [7, 11) is 1.58. The number of amides is 1. The number of pyridine rings is 2. The molecule has 0 radical (unpaired) electrons. The molecule has 0 saturated heterocycles. The minimum Gasteiger partial charge on any atom is -0.497 e. The molecular formula is C22H24N6O2. The zero-order chi connectivity index (χ0) is 21.5. The second-order valence-corrected chi connectivity index (χ2v) is 6.74. The van der Waals surface area contributed by atoms with Gasteiger partial charge in [0, 0.05) is 36.3 Å². The van der Waals surface area contributed by atoms with E-state index in [1.807, 2.05) is 31.2 Å². The van der Waals surface area contributed by atoms with Crippen LogP contribution in [-0.4, -0.2) is 28.9 Å². The van der Waals surface area contributed by atoms with Crippen molar-refractivity contribution in [3.63, 3.8) is 0 Å². The molecule has 1 amide bonds. The van der Waals surface area contributed by atoms with Crippen LogP contribution in [0.1, 0.15) is 27.3 Å². The van der Waals surface area contributed by atoms with Gasteiger partial charge in [0.25, 0.3) is 5.91 Å². The summed E-state index contributed by atoms with van der Waals surface area (Å²) >= 11 is 0. The van der Waals surface area contributed by atoms with Gasteiger partial charge in [-0.25, -0.2) is 0 Å². The van der Waals surface area contributed by atoms with Crippen LogP contribution in [0.5, 0.6) is 5.75 Å². The number of ether oxygens (including phenoxy) is 1. The average Bonchev–Trinajstić information content (AvgIpc) is 2.76. The predicted molar refractivity (Wildman–Crippen MR) is 115 cm³/mol. The Balaban J connectivity index is 1.85. The van der Waals surface area contributed by atoms with Crippen LogP contribution in [0.25, 0.3) is 11.1 Å².